The number of amides is 1. The number of piperidine rings is 1. The second kappa shape index (κ2) is 6.43. The fraction of sp³-hybridized carbons (Fsp3) is 0.400. The molecule has 1 saturated heterocycles. The zero-order valence-electron chi connectivity index (χ0n) is 12.5. The molecule has 2 aromatic heterocycles. The third kappa shape index (κ3) is 3.53. The summed E-state index contributed by atoms with van der Waals surface area (Å²) in [5.41, 5.74) is -0.287. The number of hydrogen-bond acceptors (Lipinski definition) is 3. The molecule has 0 radical (unpaired) electrons. The number of hydrogen-bond donors (Lipinski definition) is 1. The van der Waals surface area contributed by atoms with E-state index in [1.165, 1.54) is 12.3 Å². The van der Waals surface area contributed by atoms with Gasteiger partial charge < -0.3 is 4.90 Å². The molecule has 0 spiro atoms. The molecular formula is C15H14ClF3N4O. The van der Waals surface area contributed by atoms with E-state index in [0.717, 1.165) is 6.07 Å². The number of nitrogens with zero attached hydrogens (tertiary/aromatic N) is 3. The van der Waals surface area contributed by atoms with Crippen molar-refractivity contribution in [2.45, 2.75) is 24.9 Å². The molecule has 0 aromatic carbocycles. The zero-order valence-corrected chi connectivity index (χ0v) is 13.2. The van der Waals surface area contributed by atoms with Crippen LogP contribution >= 0.6 is 11.6 Å². The number of H-pyrrole nitrogens is 1. The number of likely N-dealkylation sites (tertiary alicyclic amines) is 1. The molecule has 5 nitrogen and oxygen atoms in total. The van der Waals surface area contributed by atoms with Crippen LogP contribution in [0, 0.1) is 0 Å². The van der Waals surface area contributed by atoms with Crippen molar-refractivity contribution in [1.82, 2.24) is 20.1 Å². The number of carbonyl (C=O) groups is 1. The van der Waals surface area contributed by atoms with Crippen molar-refractivity contribution in [2.24, 2.45) is 0 Å². The zero-order chi connectivity index (χ0) is 17.3. The molecule has 24 heavy (non-hydrogen) atoms. The number of nitrogens with one attached hydrogen (secondary N) is 1. The summed E-state index contributed by atoms with van der Waals surface area (Å²) in [4.78, 5) is 18.1. The molecule has 1 N–H and O–H groups in total. The molecule has 3 rings (SSSR count). The highest BCUT2D eigenvalue weighted by molar-refractivity contribution is 6.30. The van der Waals surface area contributed by atoms with Crippen molar-refractivity contribution in [3.63, 3.8) is 0 Å². The summed E-state index contributed by atoms with van der Waals surface area (Å²) < 4.78 is 38.0. The maximum absolute atomic E-state index is 12.7. The van der Waals surface area contributed by atoms with Gasteiger partial charge in [0.25, 0.3) is 5.91 Å². The highest BCUT2D eigenvalue weighted by Gasteiger charge is 2.35. The fourth-order valence-electron chi connectivity index (χ4n) is 2.77. The van der Waals surface area contributed by atoms with Gasteiger partial charge >= 0.3 is 6.18 Å². The summed E-state index contributed by atoms with van der Waals surface area (Å²) in [6.07, 6.45) is -1.70. The van der Waals surface area contributed by atoms with Crippen LogP contribution in [0.25, 0.3) is 0 Å². The Kier molecular flexibility index (Phi) is 4.49. The van der Waals surface area contributed by atoms with Crippen LogP contribution in [0.1, 0.15) is 40.6 Å². The van der Waals surface area contributed by atoms with Gasteiger partial charge in [0.15, 0.2) is 5.69 Å². The Morgan fingerprint density at radius 1 is 1.38 bits per heavy atom. The third-order valence-electron chi connectivity index (χ3n) is 3.98. The lowest BCUT2D eigenvalue weighted by molar-refractivity contribution is -0.141. The molecule has 9 heteroatoms. The van der Waals surface area contributed by atoms with Gasteiger partial charge in [-0.15, -0.1) is 0 Å². The number of alkyl halides is 3. The molecule has 128 valence electrons. The smallest absolute Gasteiger partial charge is 0.337 e. The first kappa shape index (κ1) is 16.8. The van der Waals surface area contributed by atoms with Crippen LogP contribution in [0.15, 0.2) is 24.4 Å². The monoisotopic (exact) mass is 358 g/mol. The Labute approximate surface area is 140 Å². The number of rotatable bonds is 2. The van der Waals surface area contributed by atoms with Gasteiger partial charge in [-0.1, -0.05) is 11.6 Å². The van der Waals surface area contributed by atoms with Gasteiger partial charge in [0.05, 0.1) is 5.02 Å². The van der Waals surface area contributed by atoms with Gasteiger partial charge in [-0.2, -0.15) is 18.3 Å². The van der Waals surface area contributed by atoms with E-state index in [2.05, 4.69) is 15.2 Å². The summed E-state index contributed by atoms with van der Waals surface area (Å²) >= 11 is 5.75. The van der Waals surface area contributed by atoms with Crippen LogP contribution < -0.4 is 0 Å². The van der Waals surface area contributed by atoms with Gasteiger partial charge in [0.1, 0.15) is 5.69 Å². The summed E-state index contributed by atoms with van der Waals surface area (Å²) in [5.74, 6) is -0.467. The van der Waals surface area contributed by atoms with Crippen LogP contribution in [-0.4, -0.2) is 39.1 Å². The number of pyridine rings is 1. The highest BCUT2D eigenvalue weighted by Crippen LogP contribution is 2.32. The maximum Gasteiger partial charge on any atom is 0.435 e. The van der Waals surface area contributed by atoms with Crippen molar-refractivity contribution < 1.29 is 18.0 Å². The normalized spacial score (nSPS) is 18.7. The number of carbonyl (C=O) groups excluding carboxylic acids is 1. The minimum Gasteiger partial charge on any atom is -0.337 e. The Bertz CT molecular complexity index is 729. The van der Waals surface area contributed by atoms with Crippen LogP contribution in [-0.2, 0) is 6.18 Å². The maximum atomic E-state index is 12.7. The second-order valence-corrected chi connectivity index (χ2v) is 6.09. The van der Waals surface area contributed by atoms with Crippen LogP contribution in [0.2, 0.25) is 5.02 Å². The van der Waals surface area contributed by atoms with Crippen molar-refractivity contribution in [1.29, 1.82) is 0 Å². The summed E-state index contributed by atoms with van der Waals surface area (Å²) in [6, 6.07) is 4.12. The predicted octanol–water partition coefficient (Wildman–Crippen LogP) is 3.50. The van der Waals surface area contributed by atoms with Crippen LogP contribution in [0.3, 0.4) is 0 Å². The van der Waals surface area contributed by atoms with E-state index in [4.69, 9.17) is 11.6 Å². The molecule has 1 aliphatic rings. The lowest BCUT2D eigenvalue weighted by Crippen LogP contribution is -2.39. The van der Waals surface area contributed by atoms with Gasteiger partial charge in [-0.05, 0) is 31.0 Å². The fourth-order valence-corrected chi connectivity index (χ4v) is 2.88. The van der Waals surface area contributed by atoms with E-state index in [1.807, 2.05) is 0 Å². The predicted molar refractivity (Wildman–Crippen MR) is 80.7 cm³/mol. The summed E-state index contributed by atoms with van der Waals surface area (Å²) in [6.45, 7) is 0.864. The lowest BCUT2D eigenvalue weighted by atomic mass is 9.94. The van der Waals surface area contributed by atoms with E-state index in [9.17, 15) is 18.0 Å². The first-order valence-corrected chi connectivity index (χ1v) is 7.75. The van der Waals surface area contributed by atoms with Crippen molar-refractivity contribution in [3.05, 3.63) is 46.5 Å². The average Bonchev–Trinajstić information content (AvgIpc) is 3.05. The van der Waals surface area contributed by atoms with E-state index >= 15 is 0 Å². The number of halogens is 4. The molecule has 0 bridgehead atoms. The average molecular weight is 359 g/mol. The highest BCUT2D eigenvalue weighted by atomic mass is 35.5. The van der Waals surface area contributed by atoms with Gasteiger partial charge in [-0.3, -0.25) is 9.89 Å². The molecule has 3 heterocycles. The molecule has 1 atom stereocenters. The van der Waals surface area contributed by atoms with Crippen molar-refractivity contribution >= 4 is 17.5 Å². The van der Waals surface area contributed by atoms with E-state index < -0.39 is 11.9 Å². The molecule has 1 unspecified atom stereocenters. The number of aromatic amines is 1. The minimum absolute atomic E-state index is 0.210. The molecule has 1 aliphatic heterocycles. The molecule has 0 saturated carbocycles. The molecule has 0 aliphatic carbocycles. The standard InChI is InChI=1S/C15H14ClF3N4O/c16-10-3-4-11(20-7-10)14(24)23-5-1-2-9(8-23)12-6-13(22-21-12)15(17,18)19/h3-4,6-7,9H,1-2,5,8H2,(H,21,22). The molecular weight excluding hydrogens is 345 g/mol. The topological polar surface area (TPSA) is 61.9 Å². The van der Waals surface area contributed by atoms with Crippen LogP contribution in [0.4, 0.5) is 13.2 Å². The quantitative estimate of drug-likeness (QED) is 0.893. The molecule has 1 amide bonds. The molecule has 1 fully saturated rings. The minimum atomic E-state index is -4.48. The Morgan fingerprint density at radius 2 is 2.17 bits per heavy atom. The Hall–Kier alpha value is -2.09. The molecule has 2 aromatic rings. The lowest BCUT2D eigenvalue weighted by Gasteiger charge is -2.32. The van der Waals surface area contributed by atoms with E-state index in [1.54, 1.807) is 11.0 Å². The first-order chi connectivity index (χ1) is 11.3. The van der Waals surface area contributed by atoms with E-state index in [-0.39, 0.29) is 17.5 Å². The van der Waals surface area contributed by atoms with Gasteiger partial charge in [0.2, 0.25) is 0 Å². The third-order valence-corrected chi connectivity index (χ3v) is 4.21. The Balaban J connectivity index is 1.73. The summed E-state index contributed by atoms with van der Waals surface area (Å²) in [5, 5.41) is 6.20. The van der Waals surface area contributed by atoms with Gasteiger partial charge in [-0.25, -0.2) is 4.98 Å². The summed E-state index contributed by atoms with van der Waals surface area (Å²) in [7, 11) is 0. The van der Waals surface area contributed by atoms with Crippen molar-refractivity contribution in [3.8, 4) is 0 Å². The van der Waals surface area contributed by atoms with Gasteiger partial charge in [0, 0.05) is 30.9 Å². The number of aromatic nitrogens is 3. The SMILES string of the molecule is O=C(c1ccc(Cl)cn1)N1CCCC(c2cc(C(F)(F)F)n[nH]2)C1. The first-order valence-electron chi connectivity index (χ1n) is 7.38. The second-order valence-electron chi connectivity index (χ2n) is 5.66. The van der Waals surface area contributed by atoms with Crippen LogP contribution in [0.5, 0.6) is 0 Å². The largest absolute Gasteiger partial charge is 0.435 e. The van der Waals surface area contributed by atoms with E-state index in [0.29, 0.717) is 36.6 Å². The Morgan fingerprint density at radius 3 is 2.79 bits per heavy atom. The van der Waals surface area contributed by atoms with Crippen molar-refractivity contribution in [2.75, 3.05) is 13.1 Å².